The van der Waals surface area contributed by atoms with Gasteiger partial charge >= 0.3 is 0 Å². The van der Waals surface area contributed by atoms with Crippen molar-refractivity contribution < 1.29 is 14.0 Å². The van der Waals surface area contributed by atoms with Crippen molar-refractivity contribution >= 4 is 45.9 Å². The summed E-state index contributed by atoms with van der Waals surface area (Å²) in [6.07, 6.45) is 4.20. The van der Waals surface area contributed by atoms with Gasteiger partial charge < -0.3 is 14.8 Å². The van der Waals surface area contributed by atoms with Crippen molar-refractivity contribution in [2.75, 3.05) is 19.6 Å². The molecule has 0 fully saturated rings. The van der Waals surface area contributed by atoms with Gasteiger partial charge in [0, 0.05) is 36.7 Å². The first kappa shape index (κ1) is 25.1. The lowest BCUT2D eigenvalue weighted by Gasteiger charge is -2.28. The molecule has 3 rings (SSSR count). The number of hydrogen-bond donors (Lipinski definition) is 1. The summed E-state index contributed by atoms with van der Waals surface area (Å²) in [5, 5.41) is 1.11. The van der Waals surface area contributed by atoms with Crippen LogP contribution in [0.15, 0.2) is 54.7 Å². The van der Waals surface area contributed by atoms with Crippen LogP contribution in [-0.4, -0.2) is 51.1 Å². The minimum Gasteiger partial charge on any atom is -0.361 e. The number of halogens is 3. The number of rotatable bonds is 11. The highest BCUT2D eigenvalue weighted by Crippen LogP contribution is 2.19. The Bertz CT molecular complexity index is 1070. The number of nitrogens with one attached hydrogen (secondary N) is 1. The van der Waals surface area contributed by atoms with Gasteiger partial charge in [-0.05, 0) is 42.2 Å². The van der Waals surface area contributed by atoms with Crippen LogP contribution >= 0.6 is 23.2 Å². The highest BCUT2D eigenvalue weighted by Gasteiger charge is 2.25. The molecule has 0 radical (unpaired) electrons. The van der Waals surface area contributed by atoms with E-state index in [1.165, 1.54) is 17.0 Å². The van der Waals surface area contributed by atoms with E-state index in [2.05, 4.69) is 4.98 Å². The Morgan fingerprint density at radius 1 is 1.03 bits per heavy atom. The van der Waals surface area contributed by atoms with Gasteiger partial charge in [0.25, 0.3) is 5.91 Å². The van der Waals surface area contributed by atoms with E-state index in [1.54, 1.807) is 17.0 Å². The van der Waals surface area contributed by atoms with Gasteiger partial charge in [-0.1, -0.05) is 66.9 Å². The number of amides is 2. The summed E-state index contributed by atoms with van der Waals surface area (Å²) >= 11 is 11.6. The van der Waals surface area contributed by atoms with Gasteiger partial charge in [0.15, 0.2) is 4.84 Å². The van der Waals surface area contributed by atoms with E-state index in [0.717, 1.165) is 34.9 Å². The molecule has 3 aromatic rings. The van der Waals surface area contributed by atoms with Crippen molar-refractivity contribution in [2.45, 2.75) is 37.6 Å². The molecule has 0 spiro atoms. The Labute approximate surface area is 203 Å². The summed E-state index contributed by atoms with van der Waals surface area (Å²) in [6, 6.07) is 14.1. The van der Waals surface area contributed by atoms with Crippen molar-refractivity contribution in [3.8, 4) is 0 Å². The minimum atomic E-state index is -1.22. The second-order valence-electron chi connectivity index (χ2n) is 7.97. The molecule has 176 valence electrons. The van der Waals surface area contributed by atoms with E-state index in [0.29, 0.717) is 26.1 Å². The van der Waals surface area contributed by atoms with Crippen LogP contribution in [0.25, 0.3) is 10.9 Å². The molecule has 0 saturated heterocycles. The van der Waals surface area contributed by atoms with E-state index >= 15 is 0 Å². The Morgan fingerprint density at radius 2 is 1.76 bits per heavy atom. The molecule has 0 unspecified atom stereocenters. The monoisotopic (exact) mass is 491 g/mol. The molecule has 33 heavy (non-hydrogen) atoms. The van der Waals surface area contributed by atoms with E-state index in [9.17, 15) is 14.0 Å². The van der Waals surface area contributed by atoms with Crippen LogP contribution in [0.5, 0.6) is 0 Å². The van der Waals surface area contributed by atoms with Crippen molar-refractivity contribution in [1.82, 2.24) is 14.8 Å². The lowest BCUT2D eigenvalue weighted by molar-refractivity contribution is -0.140. The third-order valence-electron chi connectivity index (χ3n) is 5.57. The fourth-order valence-corrected chi connectivity index (χ4v) is 3.99. The lowest BCUT2D eigenvalue weighted by Crippen LogP contribution is -2.45. The zero-order valence-electron chi connectivity index (χ0n) is 18.6. The molecule has 0 atom stereocenters. The van der Waals surface area contributed by atoms with Crippen LogP contribution in [0.2, 0.25) is 0 Å². The number of hydrogen-bond acceptors (Lipinski definition) is 2. The van der Waals surface area contributed by atoms with Crippen LogP contribution in [0.1, 0.15) is 30.9 Å². The third-order valence-corrected chi connectivity index (χ3v) is 5.94. The van der Waals surface area contributed by atoms with Gasteiger partial charge in [0.05, 0.1) is 6.54 Å². The molecule has 0 saturated carbocycles. The maximum absolute atomic E-state index is 13.4. The molecule has 0 aliphatic rings. The number of aromatic nitrogens is 1. The number of aromatic amines is 1. The Hall–Kier alpha value is -2.57. The number of benzene rings is 2. The summed E-state index contributed by atoms with van der Waals surface area (Å²) in [4.78, 5) is 30.9. The summed E-state index contributed by atoms with van der Waals surface area (Å²) < 4.78 is 13.4. The Kier molecular flexibility index (Phi) is 9.15. The standard InChI is InChI=1S/C25H28Cl2FN3O2/c1-2-3-13-31(25(33)24(26)27)17-23(32)30(16-18-8-10-20(28)11-9-18)14-12-19-15-29-22-7-5-4-6-21(19)22/h4-11,15,24,29H,2-3,12-14,16-17H2,1H3. The number of carbonyl (C=O) groups is 2. The number of fused-ring (bicyclic) bond motifs is 1. The summed E-state index contributed by atoms with van der Waals surface area (Å²) in [5.41, 5.74) is 2.95. The van der Waals surface area contributed by atoms with Gasteiger partial charge in [-0.3, -0.25) is 9.59 Å². The second-order valence-corrected chi connectivity index (χ2v) is 9.06. The van der Waals surface area contributed by atoms with Gasteiger partial charge in [-0.25, -0.2) is 4.39 Å². The molecule has 2 amide bonds. The zero-order chi connectivity index (χ0) is 23.8. The molecule has 5 nitrogen and oxygen atoms in total. The van der Waals surface area contributed by atoms with E-state index < -0.39 is 10.7 Å². The number of carbonyl (C=O) groups excluding carboxylic acids is 2. The van der Waals surface area contributed by atoms with Crippen molar-refractivity contribution in [3.05, 3.63) is 71.7 Å². The van der Waals surface area contributed by atoms with Crippen LogP contribution in [0.4, 0.5) is 4.39 Å². The quantitative estimate of drug-likeness (QED) is 0.369. The number of nitrogens with zero attached hydrogens (tertiary/aromatic N) is 2. The molecule has 0 bridgehead atoms. The van der Waals surface area contributed by atoms with E-state index in [4.69, 9.17) is 23.2 Å². The predicted octanol–water partition coefficient (Wildman–Crippen LogP) is 5.31. The highest BCUT2D eigenvalue weighted by atomic mass is 35.5. The van der Waals surface area contributed by atoms with Crippen molar-refractivity contribution in [3.63, 3.8) is 0 Å². The predicted molar refractivity (Wildman–Crippen MR) is 131 cm³/mol. The average Bonchev–Trinajstić information content (AvgIpc) is 3.23. The molecule has 8 heteroatoms. The van der Waals surface area contributed by atoms with Gasteiger partial charge in [-0.15, -0.1) is 0 Å². The SMILES string of the molecule is CCCCN(CC(=O)N(CCc1c[nH]c2ccccc12)Cc1ccc(F)cc1)C(=O)C(Cl)Cl. The largest absolute Gasteiger partial charge is 0.361 e. The van der Waals surface area contributed by atoms with Crippen LogP contribution < -0.4 is 0 Å². The minimum absolute atomic E-state index is 0.107. The normalized spacial score (nSPS) is 11.2. The van der Waals surface area contributed by atoms with E-state index in [1.807, 2.05) is 37.4 Å². The average molecular weight is 492 g/mol. The fourth-order valence-electron chi connectivity index (χ4n) is 3.71. The summed E-state index contributed by atoms with van der Waals surface area (Å²) in [6.45, 7) is 3.06. The highest BCUT2D eigenvalue weighted by molar-refractivity contribution is 6.53. The maximum atomic E-state index is 13.4. The molecular formula is C25H28Cl2FN3O2. The van der Waals surface area contributed by atoms with Gasteiger partial charge in [0.2, 0.25) is 5.91 Å². The van der Waals surface area contributed by atoms with Crippen LogP contribution in [0.3, 0.4) is 0 Å². The molecular weight excluding hydrogens is 464 g/mol. The third kappa shape index (κ3) is 6.95. The van der Waals surface area contributed by atoms with Crippen molar-refractivity contribution in [1.29, 1.82) is 0 Å². The zero-order valence-corrected chi connectivity index (χ0v) is 20.1. The second kappa shape index (κ2) is 12.1. The summed E-state index contributed by atoms with van der Waals surface area (Å²) in [7, 11) is 0. The molecule has 0 aliphatic carbocycles. The topological polar surface area (TPSA) is 56.4 Å². The number of alkyl halides is 2. The fraction of sp³-hybridized carbons (Fsp3) is 0.360. The van der Waals surface area contributed by atoms with Crippen LogP contribution in [-0.2, 0) is 22.6 Å². The smallest absolute Gasteiger partial charge is 0.256 e. The first-order chi connectivity index (χ1) is 15.9. The Morgan fingerprint density at radius 3 is 2.45 bits per heavy atom. The number of H-pyrrole nitrogens is 1. The van der Waals surface area contributed by atoms with E-state index in [-0.39, 0.29) is 18.3 Å². The molecule has 2 aromatic carbocycles. The lowest BCUT2D eigenvalue weighted by atomic mass is 10.1. The first-order valence-corrected chi connectivity index (χ1v) is 11.9. The van der Waals surface area contributed by atoms with Gasteiger partial charge in [-0.2, -0.15) is 0 Å². The molecule has 0 aliphatic heterocycles. The van der Waals surface area contributed by atoms with Gasteiger partial charge in [0.1, 0.15) is 5.82 Å². The molecule has 1 heterocycles. The summed E-state index contributed by atoms with van der Waals surface area (Å²) in [5.74, 6) is -1.02. The molecule has 1 aromatic heterocycles. The maximum Gasteiger partial charge on any atom is 0.256 e. The van der Waals surface area contributed by atoms with Crippen molar-refractivity contribution in [2.24, 2.45) is 0 Å². The molecule has 1 N–H and O–H groups in total. The number of para-hydroxylation sites is 1. The van der Waals surface area contributed by atoms with Crippen LogP contribution in [0, 0.1) is 5.82 Å². The first-order valence-electron chi connectivity index (χ1n) is 11.0. The Balaban J connectivity index is 1.77. The number of unbranched alkanes of at least 4 members (excludes halogenated alkanes) is 1.